The first-order valence-electron chi connectivity index (χ1n) is 8.65. The van der Waals surface area contributed by atoms with Crippen LogP contribution in [0.1, 0.15) is 19.4 Å². The molecule has 2 aromatic rings. The van der Waals surface area contributed by atoms with E-state index in [1.54, 1.807) is 36.4 Å². The van der Waals surface area contributed by atoms with Gasteiger partial charge in [-0.3, -0.25) is 15.0 Å². The summed E-state index contributed by atoms with van der Waals surface area (Å²) in [6.45, 7) is 5.69. The van der Waals surface area contributed by atoms with Crippen molar-refractivity contribution in [1.29, 1.82) is 0 Å². The highest BCUT2D eigenvalue weighted by Crippen LogP contribution is 2.28. The molecule has 140 valence electrons. The van der Waals surface area contributed by atoms with E-state index < -0.39 is 11.8 Å². The highest BCUT2D eigenvalue weighted by molar-refractivity contribution is 6.32. The van der Waals surface area contributed by atoms with Gasteiger partial charge in [-0.05, 0) is 56.3 Å². The highest BCUT2D eigenvalue weighted by atomic mass is 35.5. The van der Waals surface area contributed by atoms with Crippen LogP contribution in [0.5, 0.6) is 5.75 Å². The number of phenols is 1. The van der Waals surface area contributed by atoms with Crippen LogP contribution >= 0.6 is 11.6 Å². The van der Waals surface area contributed by atoms with Crippen LogP contribution in [0.2, 0.25) is 5.02 Å². The number of nitrogens with zero attached hydrogens (tertiary/aromatic N) is 2. The standard InChI is InChI=1S/C20H20ClN3O3/c1-3-23(4-2)16-8-5-13(18(25)12-16)11-17-19(26)22-24(20(17)27)15-9-6-14(21)7-10-15/h5-12,25H,3-4H2,1-2H3,(H,22,26)/b17-11-. The lowest BCUT2D eigenvalue weighted by Crippen LogP contribution is -2.35. The van der Waals surface area contributed by atoms with E-state index in [1.165, 1.54) is 6.08 Å². The first-order chi connectivity index (χ1) is 12.9. The van der Waals surface area contributed by atoms with Crippen LogP contribution in [-0.2, 0) is 9.59 Å². The Morgan fingerprint density at radius 3 is 2.37 bits per heavy atom. The van der Waals surface area contributed by atoms with Gasteiger partial charge in [0.25, 0.3) is 11.8 Å². The number of aromatic hydroxyl groups is 1. The van der Waals surface area contributed by atoms with E-state index in [1.807, 2.05) is 19.9 Å². The average molecular weight is 386 g/mol. The van der Waals surface area contributed by atoms with Gasteiger partial charge in [-0.25, -0.2) is 5.01 Å². The molecule has 27 heavy (non-hydrogen) atoms. The van der Waals surface area contributed by atoms with E-state index >= 15 is 0 Å². The minimum Gasteiger partial charge on any atom is -0.507 e. The molecule has 1 aliphatic heterocycles. The lowest BCUT2D eigenvalue weighted by molar-refractivity contribution is -0.117. The van der Waals surface area contributed by atoms with Gasteiger partial charge >= 0.3 is 0 Å². The Bertz CT molecular complexity index is 905. The molecular formula is C20H20ClN3O3. The van der Waals surface area contributed by atoms with Gasteiger partial charge in [0.2, 0.25) is 0 Å². The molecule has 2 N–H and O–H groups in total. The van der Waals surface area contributed by atoms with Crippen LogP contribution < -0.4 is 15.3 Å². The van der Waals surface area contributed by atoms with Gasteiger partial charge in [0.05, 0.1) is 5.69 Å². The maximum absolute atomic E-state index is 12.6. The van der Waals surface area contributed by atoms with Crippen molar-refractivity contribution < 1.29 is 14.7 Å². The summed E-state index contributed by atoms with van der Waals surface area (Å²) in [4.78, 5) is 27.0. The molecule has 1 aliphatic rings. The van der Waals surface area contributed by atoms with Crippen molar-refractivity contribution in [3.05, 3.63) is 58.6 Å². The van der Waals surface area contributed by atoms with Crippen molar-refractivity contribution in [3.8, 4) is 5.75 Å². The molecule has 0 radical (unpaired) electrons. The topological polar surface area (TPSA) is 72.9 Å². The van der Waals surface area contributed by atoms with Crippen LogP contribution in [0, 0.1) is 0 Å². The SMILES string of the molecule is CCN(CC)c1ccc(/C=C2/C(=O)NN(c3ccc(Cl)cc3)C2=O)c(O)c1. The summed E-state index contributed by atoms with van der Waals surface area (Å²) in [5, 5.41) is 12.0. The summed E-state index contributed by atoms with van der Waals surface area (Å²) >= 11 is 5.86. The number of halogens is 1. The fraction of sp³-hybridized carbons (Fsp3) is 0.200. The quantitative estimate of drug-likeness (QED) is 0.611. The number of rotatable bonds is 5. The molecule has 1 heterocycles. The Morgan fingerprint density at radius 1 is 1.11 bits per heavy atom. The lowest BCUT2D eigenvalue weighted by atomic mass is 10.1. The number of carbonyl (C=O) groups is 2. The smallest absolute Gasteiger partial charge is 0.282 e. The molecule has 0 unspecified atom stereocenters. The summed E-state index contributed by atoms with van der Waals surface area (Å²) < 4.78 is 0. The van der Waals surface area contributed by atoms with Gasteiger partial charge in [-0.1, -0.05) is 11.6 Å². The first kappa shape index (κ1) is 18.8. The highest BCUT2D eigenvalue weighted by Gasteiger charge is 2.34. The van der Waals surface area contributed by atoms with Gasteiger partial charge in [0.1, 0.15) is 11.3 Å². The Balaban J connectivity index is 1.89. The summed E-state index contributed by atoms with van der Waals surface area (Å²) in [6.07, 6.45) is 1.40. The summed E-state index contributed by atoms with van der Waals surface area (Å²) in [5.41, 5.74) is 4.26. The number of hydrazine groups is 1. The van der Waals surface area contributed by atoms with Crippen molar-refractivity contribution in [2.75, 3.05) is 23.0 Å². The molecule has 0 aromatic heterocycles. The van der Waals surface area contributed by atoms with Crippen molar-refractivity contribution >= 4 is 40.9 Å². The number of carbonyl (C=O) groups excluding carboxylic acids is 2. The Labute approximate surface area is 162 Å². The zero-order chi connectivity index (χ0) is 19.6. The number of amides is 2. The molecule has 0 spiro atoms. The monoisotopic (exact) mass is 385 g/mol. The van der Waals surface area contributed by atoms with Crippen LogP contribution in [0.15, 0.2) is 48.0 Å². The lowest BCUT2D eigenvalue weighted by Gasteiger charge is -2.21. The maximum Gasteiger partial charge on any atom is 0.282 e. The number of nitrogens with one attached hydrogen (secondary N) is 1. The van der Waals surface area contributed by atoms with Gasteiger partial charge in [-0.2, -0.15) is 0 Å². The van der Waals surface area contributed by atoms with Crippen molar-refractivity contribution in [2.24, 2.45) is 0 Å². The molecule has 0 aliphatic carbocycles. The zero-order valence-electron chi connectivity index (χ0n) is 15.1. The molecule has 7 heteroatoms. The van der Waals surface area contributed by atoms with Crippen LogP contribution in [0.3, 0.4) is 0 Å². The van der Waals surface area contributed by atoms with Crippen molar-refractivity contribution in [2.45, 2.75) is 13.8 Å². The molecule has 0 saturated carbocycles. The molecular weight excluding hydrogens is 366 g/mol. The minimum absolute atomic E-state index is 0.0115. The number of hydrogen-bond acceptors (Lipinski definition) is 4. The molecule has 6 nitrogen and oxygen atoms in total. The maximum atomic E-state index is 12.6. The molecule has 0 bridgehead atoms. The average Bonchev–Trinajstić information content (AvgIpc) is 2.93. The second kappa shape index (κ2) is 7.72. The largest absolute Gasteiger partial charge is 0.507 e. The molecule has 2 amide bonds. The van der Waals surface area contributed by atoms with Crippen molar-refractivity contribution in [1.82, 2.24) is 5.43 Å². The van der Waals surface area contributed by atoms with Crippen molar-refractivity contribution in [3.63, 3.8) is 0 Å². The third-order valence-corrected chi connectivity index (χ3v) is 4.67. The van der Waals surface area contributed by atoms with E-state index in [0.29, 0.717) is 16.3 Å². The van der Waals surface area contributed by atoms with E-state index in [0.717, 1.165) is 23.8 Å². The third-order valence-electron chi connectivity index (χ3n) is 4.42. The first-order valence-corrected chi connectivity index (χ1v) is 9.03. The number of anilines is 2. The molecule has 1 saturated heterocycles. The Kier molecular flexibility index (Phi) is 5.37. The van der Waals surface area contributed by atoms with Crippen LogP contribution in [0.4, 0.5) is 11.4 Å². The number of hydrogen-bond donors (Lipinski definition) is 2. The fourth-order valence-corrected chi connectivity index (χ4v) is 3.05. The fourth-order valence-electron chi connectivity index (χ4n) is 2.92. The van der Waals surface area contributed by atoms with E-state index in [4.69, 9.17) is 11.6 Å². The number of phenolic OH excluding ortho intramolecular Hbond substituents is 1. The van der Waals surface area contributed by atoms with Crippen LogP contribution in [0.25, 0.3) is 6.08 Å². The second-order valence-corrected chi connectivity index (χ2v) is 6.47. The van der Waals surface area contributed by atoms with Gasteiger partial charge in [0, 0.05) is 35.4 Å². The predicted molar refractivity (Wildman–Crippen MR) is 107 cm³/mol. The summed E-state index contributed by atoms with van der Waals surface area (Å²) in [5.74, 6) is -1.01. The summed E-state index contributed by atoms with van der Waals surface area (Å²) in [7, 11) is 0. The van der Waals surface area contributed by atoms with E-state index in [-0.39, 0.29) is 11.3 Å². The normalized spacial score (nSPS) is 15.4. The molecule has 0 atom stereocenters. The predicted octanol–water partition coefficient (Wildman–Crippen LogP) is 3.35. The molecule has 1 fully saturated rings. The van der Waals surface area contributed by atoms with Gasteiger partial charge in [0.15, 0.2) is 0 Å². The van der Waals surface area contributed by atoms with E-state index in [2.05, 4.69) is 10.3 Å². The van der Waals surface area contributed by atoms with Crippen LogP contribution in [-0.4, -0.2) is 30.0 Å². The van der Waals surface area contributed by atoms with Gasteiger partial charge < -0.3 is 10.0 Å². The number of benzene rings is 2. The van der Waals surface area contributed by atoms with E-state index in [9.17, 15) is 14.7 Å². The molecule has 2 aromatic carbocycles. The second-order valence-electron chi connectivity index (χ2n) is 6.03. The zero-order valence-corrected chi connectivity index (χ0v) is 15.8. The van der Waals surface area contributed by atoms with Gasteiger partial charge in [-0.15, -0.1) is 0 Å². The minimum atomic E-state index is -0.526. The summed E-state index contributed by atoms with van der Waals surface area (Å²) in [6, 6.07) is 11.7. The molecule has 3 rings (SSSR count). The Hall–Kier alpha value is -2.99. The third kappa shape index (κ3) is 3.75. The Morgan fingerprint density at radius 2 is 1.78 bits per heavy atom.